The number of benzene rings is 1. The van der Waals surface area contributed by atoms with Crippen molar-refractivity contribution < 1.29 is 14.6 Å². The smallest absolute Gasteiger partial charge is 0.185 e. The van der Waals surface area contributed by atoms with E-state index in [4.69, 9.17) is 9.78 Å². The summed E-state index contributed by atoms with van der Waals surface area (Å²) in [4.78, 5) is 25.9. The van der Waals surface area contributed by atoms with E-state index in [0.29, 0.717) is 0 Å². The Kier molecular flexibility index (Phi) is 6.95. The van der Waals surface area contributed by atoms with E-state index in [-0.39, 0.29) is 16.6 Å². The predicted octanol–water partition coefficient (Wildman–Crippen LogP) is 7.49. The maximum atomic E-state index is 13.6. The molecular formula is C28H40O3. The highest BCUT2D eigenvalue weighted by atomic mass is 17.2. The Morgan fingerprint density at radius 3 is 1.58 bits per heavy atom. The van der Waals surface area contributed by atoms with Crippen LogP contribution in [-0.4, -0.2) is 17.0 Å². The van der Waals surface area contributed by atoms with E-state index >= 15 is 0 Å². The maximum absolute atomic E-state index is 13.6. The number of hydrogen-bond donors (Lipinski definition) is 0. The lowest BCUT2D eigenvalue weighted by atomic mass is 9.67. The molecule has 1 aliphatic rings. The zero-order valence-corrected chi connectivity index (χ0v) is 21.3. The molecular weight excluding hydrogens is 384 g/mol. The molecule has 0 saturated heterocycles. The molecule has 0 radical (unpaired) electrons. The fourth-order valence-electron chi connectivity index (χ4n) is 3.80. The molecule has 0 bridgehead atoms. The minimum atomic E-state index is -1.02. The van der Waals surface area contributed by atoms with Gasteiger partial charge in [0.1, 0.15) is 0 Å². The van der Waals surface area contributed by atoms with Crippen LogP contribution in [0.15, 0.2) is 59.2 Å². The van der Waals surface area contributed by atoms with Gasteiger partial charge in [0.25, 0.3) is 0 Å². The molecule has 1 aromatic rings. The average Bonchev–Trinajstić information content (AvgIpc) is 2.60. The van der Waals surface area contributed by atoms with Gasteiger partial charge in [-0.3, -0.25) is 4.79 Å². The lowest BCUT2D eigenvalue weighted by molar-refractivity contribution is -0.372. The molecule has 0 N–H and O–H groups in total. The van der Waals surface area contributed by atoms with Crippen molar-refractivity contribution in [1.82, 2.24) is 0 Å². The maximum Gasteiger partial charge on any atom is 0.185 e. The van der Waals surface area contributed by atoms with E-state index in [2.05, 4.69) is 67.5 Å². The standard InChI is InChI=1S/C28H40O3/c1-19(2)23(20-15-13-12-14-16-20)28(31-30-27(9,10)11)17-21(25(3,4)5)24(29)22(18-28)26(6,7)8/h12-18H,1-11H3. The first kappa shape index (κ1) is 25.3. The molecule has 0 amide bonds. The first-order valence-electron chi connectivity index (χ1n) is 11.1. The Bertz CT molecular complexity index is 870. The highest BCUT2D eigenvalue weighted by molar-refractivity contribution is 6.12. The number of carbonyl (C=O) groups excluding carboxylic acids is 1. The van der Waals surface area contributed by atoms with E-state index in [0.717, 1.165) is 27.9 Å². The average molecular weight is 425 g/mol. The van der Waals surface area contributed by atoms with Crippen LogP contribution in [-0.2, 0) is 14.6 Å². The van der Waals surface area contributed by atoms with Crippen molar-refractivity contribution in [2.75, 3.05) is 0 Å². The van der Waals surface area contributed by atoms with E-state index < -0.39 is 11.2 Å². The molecule has 1 aromatic carbocycles. The molecule has 3 heteroatoms. The fourth-order valence-corrected chi connectivity index (χ4v) is 3.80. The second kappa shape index (κ2) is 8.52. The summed E-state index contributed by atoms with van der Waals surface area (Å²) < 4.78 is 0. The summed E-state index contributed by atoms with van der Waals surface area (Å²) in [5.41, 5.74) is 2.40. The van der Waals surface area contributed by atoms with Crippen molar-refractivity contribution in [1.29, 1.82) is 0 Å². The van der Waals surface area contributed by atoms with Crippen LogP contribution in [0.25, 0.3) is 5.57 Å². The van der Waals surface area contributed by atoms with Gasteiger partial charge < -0.3 is 0 Å². The summed E-state index contributed by atoms with van der Waals surface area (Å²) in [5, 5.41) is 0. The monoisotopic (exact) mass is 424 g/mol. The third-order valence-electron chi connectivity index (χ3n) is 5.21. The summed E-state index contributed by atoms with van der Waals surface area (Å²) in [6.45, 7) is 22.5. The minimum Gasteiger partial charge on any atom is -0.289 e. The zero-order valence-electron chi connectivity index (χ0n) is 21.3. The third-order valence-corrected chi connectivity index (χ3v) is 5.21. The molecule has 1 aliphatic carbocycles. The Hall–Kier alpha value is -1.97. The largest absolute Gasteiger partial charge is 0.289 e. The summed E-state index contributed by atoms with van der Waals surface area (Å²) >= 11 is 0. The molecule has 2 rings (SSSR count). The molecule has 170 valence electrons. The van der Waals surface area contributed by atoms with Gasteiger partial charge in [-0.05, 0) is 63.2 Å². The third kappa shape index (κ3) is 5.84. The second-order valence-electron chi connectivity index (χ2n) is 11.8. The first-order valence-corrected chi connectivity index (χ1v) is 11.1. The summed E-state index contributed by atoms with van der Waals surface area (Å²) in [5.74, 6) is 0.0798. The molecule has 31 heavy (non-hydrogen) atoms. The van der Waals surface area contributed by atoms with Crippen molar-refractivity contribution >= 4 is 11.4 Å². The van der Waals surface area contributed by atoms with E-state index in [1.54, 1.807) is 0 Å². The van der Waals surface area contributed by atoms with Gasteiger partial charge in [-0.15, -0.1) is 0 Å². The summed E-state index contributed by atoms with van der Waals surface area (Å²) in [6, 6.07) is 10.2. The number of Topliss-reactive ketones (excluding diaryl/α,β-unsaturated/α-hetero) is 1. The fraction of sp³-hybridized carbons (Fsp3) is 0.536. The molecule has 3 nitrogen and oxygen atoms in total. The Balaban J connectivity index is 2.93. The highest BCUT2D eigenvalue weighted by Gasteiger charge is 2.45. The Morgan fingerprint density at radius 1 is 0.774 bits per heavy atom. The van der Waals surface area contributed by atoms with Crippen molar-refractivity contribution in [2.45, 2.75) is 87.4 Å². The molecule has 0 saturated carbocycles. The van der Waals surface area contributed by atoms with Crippen LogP contribution < -0.4 is 0 Å². The lowest BCUT2D eigenvalue weighted by Crippen LogP contribution is -2.41. The SMILES string of the molecule is CC(C)=C(c1ccccc1)C1(OOC(C)(C)C)C=C(C(C)(C)C)C(=O)C(C(C)(C)C)=C1. The number of carbonyl (C=O) groups is 1. The Labute approximate surface area is 189 Å². The Morgan fingerprint density at radius 2 is 1.23 bits per heavy atom. The van der Waals surface area contributed by atoms with Crippen molar-refractivity contribution in [3.63, 3.8) is 0 Å². The molecule has 0 atom stereocenters. The van der Waals surface area contributed by atoms with Crippen LogP contribution in [0.3, 0.4) is 0 Å². The topological polar surface area (TPSA) is 35.5 Å². The normalized spacial score (nSPS) is 17.2. The van der Waals surface area contributed by atoms with Crippen molar-refractivity contribution in [3.05, 3.63) is 64.8 Å². The van der Waals surface area contributed by atoms with Crippen LogP contribution in [0, 0.1) is 10.8 Å². The van der Waals surface area contributed by atoms with Gasteiger partial charge in [0.2, 0.25) is 0 Å². The first-order chi connectivity index (χ1) is 14.0. The van der Waals surface area contributed by atoms with E-state index in [1.165, 1.54) is 0 Å². The van der Waals surface area contributed by atoms with Crippen LogP contribution in [0.4, 0.5) is 0 Å². The van der Waals surface area contributed by atoms with E-state index in [9.17, 15) is 4.79 Å². The number of ketones is 1. The predicted molar refractivity (Wildman–Crippen MR) is 129 cm³/mol. The zero-order chi connectivity index (χ0) is 23.8. The van der Waals surface area contributed by atoms with Crippen LogP contribution in [0.1, 0.15) is 81.7 Å². The molecule has 0 fully saturated rings. The van der Waals surface area contributed by atoms with Gasteiger partial charge in [0, 0.05) is 16.7 Å². The van der Waals surface area contributed by atoms with Gasteiger partial charge in [-0.25, -0.2) is 9.78 Å². The van der Waals surface area contributed by atoms with Crippen molar-refractivity contribution in [3.8, 4) is 0 Å². The van der Waals surface area contributed by atoms with Crippen LogP contribution in [0.2, 0.25) is 0 Å². The van der Waals surface area contributed by atoms with E-state index in [1.807, 2.05) is 51.1 Å². The molecule has 0 heterocycles. The highest BCUT2D eigenvalue weighted by Crippen LogP contribution is 2.47. The number of rotatable bonds is 4. The van der Waals surface area contributed by atoms with Gasteiger partial charge in [-0.1, -0.05) is 77.4 Å². The summed E-state index contributed by atoms with van der Waals surface area (Å²) in [7, 11) is 0. The lowest BCUT2D eigenvalue weighted by Gasteiger charge is -2.41. The van der Waals surface area contributed by atoms with Crippen LogP contribution >= 0.6 is 0 Å². The molecule has 0 unspecified atom stereocenters. The second-order valence-corrected chi connectivity index (χ2v) is 11.8. The van der Waals surface area contributed by atoms with Crippen LogP contribution in [0.5, 0.6) is 0 Å². The minimum absolute atomic E-state index is 0.0798. The van der Waals surface area contributed by atoms with Gasteiger partial charge >= 0.3 is 0 Å². The summed E-state index contributed by atoms with van der Waals surface area (Å²) in [6.07, 6.45) is 3.96. The van der Waals surface area contributed by atoms with Gasteiger partial charge in [0.05, 0.1) is 5.60 Å². The molecule has 0 aliphatic heterocycles. The number of hydrogen-bond acceptors (Lipinski definition) is 3. The molecule has 0 aromatic heterocycles. The quantitative estimate of drug-likeness (QED) is 0.371. The molecule has 0 spiro atoms. The number of allylic oxidation sites excluding steroid dienone is 3. The van der Waals surface area contributed by atoms with Gasteiger partial charge in [0.15, 0.2) is 11.4 Å². The van der Waals surface area contributed by atoms with Gasteiger partial charge in [-0.2, -0.15) is 0 Å². The van der Waals surface area contributed by atoms with Crippen molar-refractivity contribution in [2.24, 2.45) is 10.8 Å².